The van der Waals surface area contributed by atoms with E-state index < -0.39 is 0 Å². The smallest absolute Gasteiger partial charge is 0.196 e. The number of hydrogen-bond acceptors (Lipinski definition) is 7. The summed E-state index contributed by atoms with van der Waals surface area (Å²) in [7, 11) is 0. The van der Waals surface area contributed by atoms with Gasteiger partial charge in [-0.3, -0.25) is 9.88 Å². The highest BCUT2D eigenvalue weighted by atomic mass is 16.5. The Morgan fingerprint density at radius 3 is 2.86 bits per heavy atom. The van der Waals surface area contributed by atoms with Gasteiger partial charge in [0, 0.05) is 50.0 Å². The van der Waals surface area contributed by atoms with Crippen LogP contribution >= 0.6 is 0 Å². The van der Waals surface area contributed by atoms with Gasteiger partial charge >= 0.3 is 0 Å². The lowest BCUT2D eigenvalue weighted by molar-refractivity contribution is -0.112. The zero-order valence-electron chi connectivity index (χ0n) is 15.6. The van der Waals surface area contributed by atoms with E-state index in [-0.39, 0.29) is 6.04 Å². The Bertz CT molecular complexity index is 963. The largest absolute Gasteiger partial charge is 0.441 e. The Hall–Kier alpha value is -2.77. The van der Waals surface area contributed by atoms with Crippen molar-refractivity contribution in [1.29, 1.82) is 0 Å². The molecular weight excluding hydrogens is 356 g/mol. The molecule has 3 aromatic rings. The topological polar surface area (TPSA) is 71.7 Å². The Balaban J connectivity index is 1.36. The summed E-state index contributed by atoms with van der Waals surface area (Å²) in [6.45, 7) is 4.46. The van der Waals surface area contributed by atoms with Gasteiger partial charge in [0.05, 0.1) is 24.9 Å². The quantitative estimate of drug-likeness (QED) is 0.631. The minimum atomic E-state index is -0.286. The van der Waals surface area contributed by atoms with E-state index in [0.29, 0.717) is 38.6 Å². The van der Waals surface area contributed by atoms with E-state index >= 15 is 0 Å². The third-order valence-corrected chi connectivity index (χ3v) is 5.52. The van der Waals surface area contributed by atoms with Crippen molar-refractivity contribution in [2.45, 2.75) is 19.0 Å². The first kappa shape index (κ1) is 17.3. The second-order valence-electron chi connectivity index (χ2n) is 7.17. The van der Waals surface area contributed by atoms with E-state index in [2.05, 4.69) is 19.8 Å². The molecule has 0 aliphatic carbocycles. The lowest BCUT2D eigenvalue weighted by atomic mass is 10.1. The second kappa shape index (κ2) is 7.33. The zero-order valence-corrected chi connectivity index (χ0v) is 15.6. The summed E-state index contributed by atoms with van der Waals surface area (Å²) in [4.78, 5) is 25.6. The van der Waals surface area contributed by atoms with Gasteiger partial charge in [-0.05, 0) is 18.2 Å². The van der Waals surface area contributed by atoms with Gasteiger partial charge in [-0.25, -0.2) is 4.98 Å². The van der Waals surface area contributed by atoms with E-state index in [4.69, 9.17) is 9.15 Å². The molecule has 0 amide bonds. The third kappa shape index (κ3) is 3.06. The molecule has 0 spiro atoms. The maximum absolute atomic E-state index is 12.0. The van der Waals surface area contributed by atoms with E-state index in [1.165, 1.54) is 0 Å². The summed E-state index contributed by atoms with van der Waals surface area (Å²) in [6, 6.07) is 9.49. The summed E-state index contributed by atoms with van der Waals surface area (Å²) >= 11 is 0. The summed E-state index contributed by atoms with van der Waals surface area (Å²) in [6.07, 6.45) is 3.53. The standard InChI is InChI=1S/C21H22N4O3/c26-14-18-21-16(22-7-5-17(21)24-9-11-27-12-10-24)13-25(18)8-6-20-23-15-3-1-2-4-19(15)28-20/h1-5,7,14,18H,6,8-13H2. The minimum absolute atomic E-state index is 0.286. The van der Waals surface area contributed by atoms with Crippen molar-refractivity contribution in [3.63, 3.8) is 0 Å². The molecule has 0 radical (unpaired) electrons. The second-order valence-corrected chi connectivity index (χ2v) is 7.17. The predicted octanol–water partition coefficient (Wildman–Crippen LogP) is 2.36. The molecule has 1 fully saturated rings. The van der Waals surface area contributed by atoms with Crippen molar-refractivity contribution in [2.24, 2.45) is 0 Å². The monoisotopic (exact) mass is 378 g/mol. The first-order valence-corrected chi connectivity index (χ1v) is 9.68. The fourth-order valence-corrected chi connectivity index (χ4v) is 4.14. The number of carbonyl (C=O) groups is 1. The number of ether oxygens (including phenoxy) is 1. The number of benzene rings is 1. The first-order valence-electron chi connectivity index (χ1n) is 9.68. The first-order chi connectivity index (χ1) is 13.8. The number of aromatic nitrogens is 2. The lowest BCUT2D eigenvalue weighted by Crippen LogP contribution is -2.37. The van der Waals surface area contributed by atoms with Gasteiger partial charge in [0.25, 0.3) is 0 Å². The number of fused-ring (bicyclic) bond motifs is 2. The van der Waals surface area contributed by atoms with Crippen LogP contribution in [0.25, 0.3) is 11.1 Å². The fraction of sp³-hybridized carbons (Fsp3) is 0.381. The van der Waals surface area contributed by atoms with Gasteiger partial charge in [0.15, 0.2) is 11.5 Å². The average molecular weight is 378 g/mol. The Labute approximate surface area is 162 Å². The summed E-state index contributed by atoms with van der Waals surface area (Å²) in [5.41, 5.74) is 4.79. The molecule has 0 bridgehead atoms. The van der Waals surface area contributed by atoms with Crippen LogP contribution in [0.1, 0.15) is 23.2 Å². The molecule has 0 N–H and O–H groups in total. The van der Waals surface area contributed by atoms with Crippen molar-refractivity contribution in [2.75, 3.05) is 37.7 Å². The number of aldehydes is 1. The summed E-state index contributed by atoms with van der Waals surface area (Å²) in [5.74, 6) is 0.697. The van der Waals surface area contributed by atoms with Gasteiger partial charge in [-0.15, -0.1) is 0 Å². The van der Waals surface area contributed by atoms with E-state index in [1.807, 2.05) is 36.5 Å². The molecule has 1 atom stereocenters. The number of para-hydroxylation sites is 2. The van der Waals surface area contributed by atoms with Crippen LogP contribution in [0.2, 0.25) is 0 Å². The van der Waals surface area contributed by atoms with Gasteiger partial charge in [0.2, 0.25) is 0 Å². The molecule has 0 saturated carbocycles. The molecule has 28 heavy (non-hydrogen) atoms. The van der Waals surface area contributed by atoms with Crippen LogP contribution in [0, 0.1) is 0 Å². The van der Waals surface area contributed by atoms with Crippen molar-refractivity contribution >= 4 is 23.1 Å². The number of anilines is 1. The molecule has 2 aliphatic rings. The Morgan fingerprint density at radius 2 is 2.04 bits per heavy atom. The predicted molar refractivity (Wildman–Crippen MR) is 104 cm³/mol. The van der Waals surface area contributed by atoms with Gasteiger partial charge < -0.3 is 18.8 Å². The van der Waals surface area contributed by atoms with Crippen LogP contribution < -0.4 is 4.90 Å². The highest BCUT2D eigenvalue weighted by Crippen LogP contribution is 2.38. The molecule has 5 rings (SSSR count). The van der Waals surface area contributed by atoms with E-state index in [0.717, 1.165) is 47.4 Å². The van der Waals surface area contributed by atoms with E-state index in [9.17, 15) is 4.79 Å². The molecule has 7 heteroatoms. The maximum atomic E-state index is 12.0. The fourth-order valence-electron chi connectivity index (χ4n) is 4.14. The number of oxazole rings is 1. The molecule has 1 aromatic carbocycles. The van der Waals surface area contributed by atoms with Crippen molar-refractivity contribution in [3.05, 3.63) is 53.7 Å². The van der Waals surface area contributed by atoms with E-state index in [1.54, 1.807) is 0 Å². The van der Waals surface area contributed by atoms with Crippen LogP contribution in [0.15, 0.2) is 40.9 Å². The number of nitrogens with zero attached hydrogens (tertiary/aromatic N) is 4. The highest BCUT2D eigenvalue weighted by Gasteiger charge is 2.34. The zero-order chi connectivity index (χ0) is 18.9. The van der Waals surface area contributed by atoms with Crippen molar-refractivity contribution in [1.82, 2.24) is 14.9 Å². The van der Waals surface area contributed by atoms with Gasteiger partial charge in [-0.2, -0.15) is 0 Å². The average Bonchev–Trinajstić information content (AvgIpc) is 3.33. The Morgan fingerprint density at radius 1 is 1.18 bits per heavy atom. The number of rotatable bonds is 5. The van der Waals surface area contributed by atoms with Crippen LogP contribution in [-0.2, 0) is 22.5 Å². The number of hydrogen-bond donors (Lipinski definition) is 0. The van der Waals surface area contributed by atoms with Crippen LogP contribution in [0.5, 0.6) is 0 Å². The molecule has 2 aromatic heterocycles. The molecule has 1 saturated heterocycles. The SMILES string of the molecule is O=CC1c2c(N3CCOCC3)ccnc2CN1CCc1nc2ccccc2o1. The van der Waals surface area contributed by atoms with Crippen LogP contribution in [0.4, 0.5) is 5.69 Å². The maximum Gasteiger partial charge on any atom is 0.196 e. The van der Waals surface area contributed by atoms with Crippen molar-refractivity contribution in [3.8, 4) is 0 Å². The number of morpholine rings is 1. The van der Waals surface area contributed by atoms with Gasteiger partial charge in [-0.1, -0.05) is 12.1 Å². The molecule has 144 valence electrons. The summed E-state index contributed by atoms with van der Waals surface area (Å²) in [5, 5.41) is 0. The summed E-state index contributed by atoms with van der Waals surface area (Å²) < 4.78 is 11.3. The molecule has 4 heterocycles. The molecule has 1 unspecified atom stereocenters. The molecular formula is C21H22N4O3. The van der Waals surface area contributed by atoms with Crippen LogP contribution in [0.3, 0.4) is 0 Å². The third-order valence-electron chi connectivity index (χ3n) is 5.52. The Kier molecular flexibility index (Phi) is 4.54. The molecule has 7 nitrogen and oxygen atoms in total. The van der Waals surface area contributed by atoms with Crippen LogP contribution in [-0.4, -0.2) is 54.0 Å². The van der Waals surface area contributed by atoms with Crippen molar-refractivity contribution < 1.29 is 13.9 Å². The van der Waals surface area contributed by atoms with Gasteiger partial charge in [0.1, 0.15) is 11.8 Å². The normalized spacial score (nSPS) is 19.9. The minimum Gasteiger partial charge on any atom is -0.441 e. The number of carbonyl (C=O) groups excluding carboxylic acids is 1. The number of pyridine rings is 1. The molecule has 2 aliphatic heterocycles. The lowest BCUT2D eigenvalue weighted by Gasteiger charge is -2.31. The highest BCUT2D eigenvalue weighted by molar-refractivity contribution is 5.72.